The zero-order valence-electron chi connectivity index (χ0n) is 9.40. The van der Waals surface area contributed by atoms with Gasteiger partial charge in [0.15, 0.2) is 5.65 Å². The molecule has 0 atom stereocenters. The fourth-order valence-electron chi connectivity index (χ4n) is 1.81. The fourth-order valence-corrected chi connectivity index (χ4v) is 1.81. The van der Waals surface area contributed by atoms with E-state index < -0.39 is 0 Å². The van der Waals surface area contributed by atoms with Crippen LogP contribution in [-0.2, 0) is 13.0 Å². The summed E-state index contributed by atoms with van der Waals surface area (Å²) in [6, 6.07) is 1.94. The minimum absolute atomic E-state index is 0.248. The largest absolute Gasteiger partial charge is 0.390 e. The highest BCUT2D eigenvalue weighted by Gasteiger charge is 2.14. The Balaban J connectivity index is 2.81. The molecular weight excluding hydrogens is 220 g/mol. The van der Waals surface area contributed by atoms with Crippen LogP contribution in [0, 0.1) is 11.3 Å². The molecule has 0 saturated carbocycles. The highest BCUT2D eigenvalue weighted by atomic mass is 16.3. The molecule has 0 spiro atoms. The molecule has 2 rings (SSSR count). The standard InChI is InChI=1S/C11H12N4O2/c1-2-3-8-9(6-16)14-10-7(4-12)5-13-15(10)11(8)17/h5,13,16H,2-3,6H2,1H3. The van der Waals surface area contributed by atoms with Crippen molar-refractivity contribution in [1.82, 2.24) is 14.6 Å². The summed E-state index contributed by atoms with van der Waals surface area (Å²) in [6.45, 7) is 1.65. The van der Waals surface area contributed by atoms with Crippen molar-refractivity contribution < 1.29 is 5.11 Å². The molecule has 88 valence electrons. The third-order valence-corrected chi connectivity index (χ3v) is 2.61. The predicted octanol–water partition coefficient (Wildman–Crippen LogP) is 0.339. The van der Waals surface area contributed by atoms with E-state index in [1.54, 1.807) is 0 Å². The van der Waals surface area contributed by atoms with Crippen LogP contribution in [0.4, 0.5) is 0 Å². The van der Waals surface area contributed by atoms with Crippen molar-refractivity contribution in [1.29, 1.82) is 5.26 Å². The van der Waals surface area contributed by atoms with Crippen LogP contribution in [0.5, 0.6) is 0 Å². The first-order valence-corrected chi connectivity index (χ1v) is 5.35. The van der Waals surface area contributed by atoms with Crippen molar-refractivity contribution in [3.63, 3.8) is 0 Å². The van der Waals surface area contributed by atoms with Crippen LogP contribution < -0.4 is 5.56 Å². The summed E-state index contributed by atoms with van der Waals surface area (Å²) in [6.07, 6.45) is 2.79. The van der Waals surface area contributed by atoms with Crippen molar-refractivity contribution in [2.75, 3.05) is 0 Å². The zero-order chi connectivity index (χ0) is 12.4. The van der Waals surface area contributed by atoms with E-state index in [4.69, 9.17) is 5.26 Å². The topological polar surface area (TPSA) is 94.2 Å². The molecule has 2 N–H and O–H groups in total. The smallest absolute Gasteiger partial charge is 0.276 e. The van der Waals surface area contributed by atoms with E-state index in [9.17, 15) is 9.90 Å². The van der Waals surface area contributed by atoms with Crippen LogP contribution in [-0.4, -0.2) is 19.7 Å². The number of H-pyrrole nitrogens is 1. The Labute approximate surface area is 97.1 Å². The van der Waals surface area contributed by atoms with E-state index in [-0.39, 0.29) is 17.8 Å². The Bertz CT molecular complexity index is 648. The lowest BCUT2D eigenvalue weighted by atomic mass is 10.1. The molecule has 6 nitrogen and oxygen atoms in total. The molecule has 0 aliphatic carbocycles. The van der Waals surface area contributed by atoms with Crippen LogP contribution in [0.25, 0.3) is 5.65 Å². The van der Waals surface area contributed by atoms with E-state index in [1.807, 2.05) is 13.0 Å². The van der Waals surface area contributed by atoms with Crippen molar-refractivity contribution in [3.05, 3.63) is 33.4 Å². The molecule has 0 amide bonds. The minimum atomic E-state index is -0.295. The molecule has 0 bridgehead atoms. The van der Waals surface area contributed by atoms with Gasteiger partial charge in [-0.15, -0.1) is 0 Å². The first-order chi connectivity index (χ1) is 8.22. The molecule has 0 unspecified atom stereocenters. The lowest BCUT2D eigenvalue weighted by Gasteiger charge is -2.05. The SMILES string of the molecule is CCCc1c(CO)nc2c(C#N)c[nH]n2c1=O. The Kier molecular flexibility index (Phi) is 2.93. The summed E-state index contributed by atoms with van der Waals surface area (Å²) in [4.78, 5) is 16.3. The fraction of sp³-hybridized carbons (Fsp3) is 0.364. The number of fused-ring (bicyclic) bond motifs is 1. The summed E-state index contributed by atoms with van der Waals surface area (Å²) in [5, 5.41) is 20.8. The summed E-state index contributed by atoms with van der Waals surface area (Å²) in [7, 11) is 0. The van der Waals surface area contributed by atoms with Gasteiger partial charge in [-0.25, -0.2) is 9.50 Å². The highest BCUT2D eigenvalue weighted by molar-refractivity contribution is 5.54. The highest BCUT2D eigenvalue weighted by Crippen LogP contribution is 2.10. The zero-order valence-corrected chi connectivity index (χ0v) is 9.40. The molecule has 6 heteroatoms. The van der Waals surface area contributed by atoms with Gasteiger partial charge in [0.05, 0.1) is 12.3 Å². The number of hydrogen-bond donors (Lipinski definition) is 2. The lowest BCUT2D eigenvalue weighted by Crippen LogP contribution is -2.23. The first kappa shape index (κ1) is 11.4. The molecular formula is C11H12N4O2. The number of nitriles is 1. The average Bonchev–Trinajstić information content (AvgIpc) is 2.75. The number of nitrogens with zero attached hydrogens (tertiary/aromatic N) is 3. The number of aliphatic hydroxyl groups excluding tert-OH is 1. The number of hydrogen-bond acceptors (Lipinski definition) is 4. The molecule has 17 heavy (non-hydrogen) atoms. The molecule has 2 aromatic rings. The van der Waals surface area contributed by atoms with Gasteiger partial charge in [-0.1, -0.05) is 13.3 Å². The molecule has 0 saturated heterocycles. The molecule has 0 radical (unpaired) electrons. The number of aliphatic hydroxyl groups is 1. The summed E-state index contributed by atoms with van der Waals surface area (Å²) >= 11 is 0. The van der Waals surface area contributed by atoms with Crippen molar-refractivity contribution in [3.8, 4) is 6.07 Å². The third-order valence-electron chi connectivity index (χ3n) is 2.61. The van der Waals surface area contributed by atoms with Crippen LogP contribution in [0.3, 0.4) is 0 Å². The second kappa shape index (κ2) is 4.39. The van der Waals surface area contributed by atoms with Gasteiger partial charge < -0.3 is 5.11 Å². The summed E-state index contributed by atoms with van der Waals surface area (Å²) in [5.74, 6) is 0. The summed E-state index contributed by atoms with van der Waals surface area (Å²) < 4.78 is 1.24. The van der Waals surface area contributed by atoms with E-state index in [1.165, 1.54) is 10.7 Å². The van der Waals surface area contributed by atoms with Gasteiger partial charge in [0.1, 0.15) is 11.6 Å². The number of rotatable bonds is 3. The molecule has 0 aliphatic heterocycles. The van der Waals surface area contributed by atoms with Crippen LogP contribution in [0.1, 0.15) is 30.2 Å². The second-order valence-electron chi connectivity index (χ2n) is 3.71. The Morgan fingerprint density at radius 2 is 2.41 bits per heavy atom. The quantitative estimate of drug-likeness (QED) is 0.797. The molecule has 0 aliphatic rings. The maximum Gasteiger partial charge on any atom is 0.276 e. The normalized spacial score (nSPS) is 10.6. The van der Waals surface area contributed by atoms with Gasteiger partial charge in [-0.3, -0.25) is 9.89 Å². The Hall–Kier alpha value is -2.13. The maximum atomic E-state index is 12.1. The minimum Gasteiger partial charge on any atom is -0.390 e. The maximum absolute atomic E-state index is 12.1. The first-order valence-electron chi connectivity index (χ1n) is 5.35. The van der Waals surface area contributed by atoms with E-state index in [2.05, 4.69) is 10.1 Å². The van der Waals surface area contributed by atoms with Crippen LogP contribution in [0.2, 0.25) is 0 Å². The van der Waals surface area contributed by atoms with Crippen LogP contribution in [0.15, 0.2) is 11.0 Å². The van der Waals surface area contributed by atoms with Gasteiger partial charge in [-0.2, -0.15) is 5.26 Å². The molecule has 2 heterocycles. The van der Waals surface area contributed by atoms with Gasteiger partial charge >= 0.3 is 0 Å². The van der Waals surface area contributed by atoms with Gasteiger partial charge in [-0.05, 0) is 6.42 Å². The van der Waals surface area contributed by atoms with Gasteiger partial charge in [0, 0.05) is 11.8 Å². The molecule has 0 fully saturated rings. The molecule has 0 aromatic carbocycles. The average molecular weight is 232 g/mol. The van der Waals surface area contributed by atoms with Crippen molar-refractivity contribution in [2.24, 2.45) is 0 Å². The summed E-state index contributed by atoms with van der Waals surface area (Å²) in [5.41, 5.74) is 1.16. The molecule has 2 aromatic heterocycles. The van der Waals surface area contributed by atoms with Gasteiger partial charge in [0.2, 0.25) is 0 Å². The van der Waals surface area contributed by atoms with Crippen molar-refractivity contribution >= 4 is 5.65 Å². The Morgan fingerprint density at radius 1 is 1.65 bits per heavy atom. The number of aromatic amines is 1. The third kappa shape index (κ3) is 1.70. The second-order valence-corrected chi connectivity index (χ2v) is 3.71. The number of aromatic nitrogens is 3. The Morgan fingerprint density at radius 3 is 3.00 bits per heavy atom. The van der Waals surface area contributed by atoms with E-state index in [0.717, 1.165) is 6.42 Å². The predicted molar refractivity (Wildman–Crippen MR) is 60.4 cm³/mol. The monoisotopic (exact) mass is 232 g/mol. The lowest BCUT2D eigenvalue weighted by molar-refractivity contribution is 0.275. The number of nitrogens with one attached hydrogen (secondary N) is 1. The van der Waals surface area contributed by atoms with E-state index >= 15 is 0 Å². The van der Waals surface area contributed by atoms with Crippen molar-refractivity contribution in [2.45, 2.75) is 26.4 Å². The van der Waals surface area contributed by atoms with Crippen LogP contribution >= 0.6 is 0 Å². The van der Waals surface area contributed by atoms with Gasteiger partial charge in [0.25, 0.3) is 5.56 Å². The van der Waals surface area contributed by atoms with E-state index in [0.29, 0.717) is 23.2 Å².